The summed E-state index contributed by atoms with van der Waals surface area (Å²) in [6, 6.07) is 7.25. The van der Waals surface area contributed by atoms with Crippen molar-refractivity contribution in [2.24, 2.45) is 0 Å². The Morgan fingerprint density at radius 1 is 1.32 bits per heavy atom. The Bertz CT molecular complexity index is 487. The summed E-state index contributed by atoms with van der Waals surface area (Å²) in [7, 11) is 0. The van der Waals surface area contributed by atoms with Crippen molar-refractivity contribution in [1.29, 1.82) is 0 Å². The minimum Gasteiger partial charge on any atom is -0.480 e. The second-order valence-electron chi connectivity index (χ2n) is 4.80. The summed E-state index contributed by atoms with van der Waals surface area (Å²) in [4.78, 5) is 11.4. The highest BCUT2D eigenvalue weighted by molar-refractivity contribution is 5.80. The predicted molar refractivity (Wildman–Crippen MR) is 62.9 cm³/mol. The molecule has 0 fully saturated rings. The SMILES string of the molecule is O=C(O)C1(NCC(F)(F)F)CCc2ccccc2C1. The van der Waals surface area contributed by atoms with E-state index in [-0.39, 0.29) is 12.8 Å². The molecule has 1 atom stereocenters. The zero-order valence-electron chi connectivity index (χ0n) is 10.1. The zero-order chi connectivity index (χ0) is 14.1. The molecule has 0 bridgehead atoms. The van der Waals surface area contributed by atoms with Gasteiger partial charge in [0.2, 0.25) is 0 Å². The molecule has 3 nitrogen and oxygen atoms in total. The third kappa shape index (κ3) is 3.07. The van der Waals surface area contributed by atoms with Gasteiger partial charge >= 0.3 is 12.1 Å². The Balaban J connectivity index is 2.21. The number of carbonyl (C=O) groups is 1. The van der Waals surface area contributed by atoms with Crippen LogP contribution in [0.4, 0.5) is 13.2 Å². The molecule has 1 aromatic rings. The number of hydrogen-bond donors (Lipinski definition) is 2. The molecule has 0 saturated carbocycles. The summed E-state index contributed by atoms with van der Waals surface area (Å²) >= 11 is 0. The Kier molecular flexibility index (Phi) is 3.54. The molecular weight excluding hydrogens is 259 g/mol. The van der Waals surface area contributed by atoms with Crippen molar-refractivity contribution in [3.8, 4) is 0 Å². The minimum absolute atomic E-state index is 0.0780. The number of nitrogens with one attached hydrogen (secondary N) is 1. The van der Waals surface area contributed by atoms with E-state index in [1.165, 1.54) is 0 Å². The van der Waals surface area contributed by atoms with Gasteiger partial charge in [-0.15, -0.1) is 0 Å². The molecule has 19 heavy (non-hydrogen) atoms. The molecule has 0 radical (unpaired) electrons. The number of rotatable bonds is 3. The van der Waals surface area contributed by atoms with E-state index in [2.05, 4.69) is 5.32 Å². The maximum Gasteiger partial charge on any atom is 0.401 e. The number of hydrogen-bond acceptors (Lipinski definition) is 2. The number of carboxylic acids is 1. The summed E-state index contributed by atoms with van der Waals surface area (Å²) in [5.41, 5.74) is 0.281. The van der Waals surface area contributed by atoms with E-state index in [9.17, 15) is 23.1 Å². The lowest BCUT2D eigenvalue weighted by Crippen LogP contribution is -2.57. The highest BCUT2D eigenvalue weighted by atomic mass is 19.4. The largest absolute Gasteiger partial charge is 0.480 e. The van der Waals surface area contributed by atoms with Crippen LogP contribution in [0.15, 0.2) is 24.3 Å². The summed E-state index contributed by atoms with van der Waals surface area (Å²) < 4.78 is 36.9. The molecule has 0 amide bonds. The lowest BCUT2D eigenvalue weighted by molar-refractivity contribution is -0.151. The molecule has 1 unspecified atom stereocenters. The van der Waals surface area contributed by atoms with Gasteiger partial charge in [-0.05, 0) is 24.0 Å². The van der Waals surface area contributed by atoms with Gasteiger partial charge in [0.1, 0.15) is 5.54 Å². The number of alkyl halides is 3. The van der Waals surface area contributed by atoms with Crippen LogP contribution in [-0.4, -0.2) is 29.3 Å². The van der Waals surface area contributed by atoms with Crippen molar-refractivity contribution >= 4 is 5.97 Å². The van der Waals surface area contributed by atoms with E-state index >= 15 is 0 Å². The summed E-state index contributed by atoms with van der Waals surface area (Å²) in [5.74, 6) is -1.23. The molecule has 0 aliphatic heterocycles. The fraction of sp³-hybridized carbons (Fsp3) is 0.462. The topological polar surface area (TPSA) is 49.3 Å². The molecule has 0 aromatic heterocycles. The fourth-order valence-corrected chi connectivity index (χ4v) is 2.41. The van der Waals surface area contributed by atoms with Crippen LogP contribution in [0.25, 0.3) is 0 Å². The number of carboxylic acid groups (broad SMARTS) is 1. The molecule has 0 spiro atoms. The highest BCUT2D eigenvalue weighted by Crippen LogP contribution is 2.30. The monoisotopic (exact) mass is 273 g/mol. The Morgan fingerprint density at radius 2 is 1.95 bits per heavy atom. The van der Waals surface area contributed by atoms with E-state index in [0.717, 1.165) is 11.1 Å². The highest BCUT2D eigenvalue weighted by Gasteiger charge is 2.43. The van der Waals surface area contributed by atoms with E-state index in [1.807, 2.05) is 12.1 Å². The van der Waals surface area contributed by atoms with Gasteiger partial charge in [-0.3, -0.25) is 10.1 Å². The second kappa shape index (κ2) is 4.85. The van der Waals surface area contributed by atoms with Crippen LogP contribution in [0.2, 0.25) is 0 Å². The maximum atomic E-state index is 12.3. The molecule has 0 saturated heterocycles. The second-order valence-corrected chi connectivity index (χ2v) is 4.80. The first-order valence-corrected chi connectivity index (χ1v) is 5.94. The molecule has 0 heterocycles. The first-order valence-electron chi connectivity index (χ1n) is 5.94. The van der Waals surface area contributed by atoms with Gasteiger partial charge in [-0.1, -0.05) is 24.3 Å². The van der Waals surface area contributed by atoms with Crippen LogP contribution < -0.4 is 5.32 Å². The molecule has 1 aliphatic carbocycles. The minimum atomic E-state index is -4.42. The third-order valence-corrected chi connectivity index (χ3v) is 3.47. The zero-order valence-corrected chi connectivity index (χ0v) is 10.1. The van der Waals surface area contributed by atoms with Crippen LogP contribution in [0.5, 0.6) is 0 Å². The Labute approximate surface area is 108 Å². The number of fused-ring (bicyclic) bond motifs is 1. The van der Waals surface area contributed by atoms with Crippen molar-refractivity contribution in [2.45, 2.75) is 31.0 Å². The average molecular weight is 273 g/mol. The van der Waals surface area contributed by atoms with Crippen molar-refractivity contribution in [2.75, 3.05) is 6.54 Å². The van der Waals surface area contributed by atoms with Crippen LogP contribution in [0.3, 0.4) is 0 Å². The maximum absolute atomic E-state index is 12.3. The summed E-state index contributed by atoms with van der Waals surface area (Å²) in [6.07, 6.45) is -3.71. The Morgan fingerprint density at radius 3 is 2.53 bits per heavy atom. The summed E-state index contributed by atoms with van der Waals surface area (Å²) in [6.45, 7) is -1.29. The third-order valence-electron chi connectivity index (χ3n) is 3.47. The fourth-order valence-electron chi connectivity index (χ4n) is 2.41. The van der Waals surface area contributed by atoms with Crippen molar-refractivity contribution < 1.29 is 23.1 Å². The first kappa shape index (κ1) is 13.9. The molecule has 2 rings (SSSR count). The molecule has 1 aliphatic rings. The van der Waals surface area contributed by atoms with Gasteiger partial charge < -0.3 is 5.11 Å². The first-order chi connectivity index (χ1) is 8.82. The molecule has 2 N–H and O–H groups in total. The van der Waals surface area contributed by atoms with Crippen LogP contribution in [-0.2, 0) is 17.6 Å². The van der Waals surface area contributed by atoms with E-state index in [0.29, 0.717) is 6.42 Å². The van der Waals surface area contributed by atoms with E-state index in [4.69, 9.17) is 0 Å². The Hall–Kier alpha value is -1.56. The lowest BCUT2D eigenvalue weighted by atomic mass is 9.78. The van der Waals surface area contributed by atoms with Crippen LogP contribution in [0, 0.1) is 0 Å². The van der Waals surface area contributed by atoms with Crippen LogP contribution in [0.1, 0.15) is 17.5 Å². The van der Waals surface area contributed by atoms with Crippen molar-refractivity contribution in [3.05, 3.63) is 35.4 Å². The number of halogens is 3. The average Bonchev–Trinajstić information content (AvgIpc) is 2.35. The standard InChI is InChI=1S/C13H14F3NO2/c14-13(15,16)8-17-12(11(18)19)6-5-9-3-1-2-4-10(9)7-12/h1-4,17H,5-8H2,(H,18,19). The number of aliphatic carboxylic acids is 1. The number of aryl methyl sites for hydroxylation is 1. The van der Waals surface area contributed by atoms with Gasteiger partial charge in [0.05, 0.1) is 6.54 Å². The van der Waals surface area contributed by atoms with Gasteiger partial charge in [0.15, 0.2) is 0 Å². The van der Waals surface area contributed by atoms with Gasteiger partial charge in [-0.2, -0.15) is 13.2 Å². The molecular formula is C13H14F3NO2. The van der Waals surface area contributed by atoms with Crippen molar-refractivity contribution in [3.63, 3.8) is 0 Å². The molecule has 104 valence electrons. The normalized spacial score (nSPS) is 22.9. The lowest BCUT2D eigenvalue weighted by Gasteiger charge is -2.35. The quantitative estimate of drug-likeness (QED) is 0.887. The number of benzene rings is 1. The molecule has 1 aromatic carbocycles. The molecule has 6 heteroatoms. The smallest absolute Gasteiger partial charge is 0.401 e. The van der Waals surface area contributed by atoms with E-state index in [1.54, 1.807) is 12.1 Å². The van der Waals surface area contributed by atoms with Gasteiger partial charge in [0.25, 0.3) is 0 Å². The predicted octanol–water partition coefficient (Wildman–Crippen LogP) is 2.15. The van der Waals surface area contributed by atoms with Crippen molar-refractivity contribution in [1.82, 2.24) is 5.32 Å². The van der Waals surface area contributed by atoms with Gasteiger partial charge in [-0.25, -0.2) is 0 Å². The van der Waals surface area contributed by atoms with E-state index < -0.39 is 24.2 Å². The van der Waals surface area contributed by atoms with Gasteiger partial charge in [0, 0.05) is 6.42 Å². The van der Waals surface area contributed by atoms with Crippen LogP contribution >= 0.6 is 0 Å². The summed E-state index contributed by atoms with van der Waals surface area (Å²) in [5, 5.41) is 11.5.